The quantitative estimate of drug-likeness (QED) is 0.352. The number of alkyl halides is 2. The summed E-state index contributed by atoms with van der Waals surface area (Å²) in [5.41, 5.74) is 3.06. The maximum Gasteiger partial charge on any atom is 0.387 e. The Balaban J connectivity index is 2.51. The van der Waals surface area contributed by atoms with Crippen molar-refractivity contribution in [2.24, 2.45) is 5.10 Å². The van der Waals surface area contributed by atoms with Crippen LogP contribution in [0.1, 0.15) is 25.3 Å². The second kappa shape index (κ2) is 9.19. The van der Waals surface area contributed by atoms with Crippen molar-refractivity contribution >= 4 is 23.5 Å². The summed E-state index contributed by atoms with van der Waals surface area (Å²) in [5, 5.41) is 7.25. The summed E-state index contributed by atoms with van der Waals surface area (Å²) in [6.45, 7) is -0.0200. The summed E-state index contributed by atoms with van der Waals surface area (Å²) in [4.78, 5) is 0. The molecular formula is C13H17F2N3OS. The SMILES string of the molecule is CCCCNC(=S)N/N=C\c1ccccc1OC(F)F. The van der Waals surface area contributed by atoms with Crippen molar-refractivity contribution in [3.05, 3.63) is 29.8 Å². The lowest BCUT2D eigenvalue weighted by molar-refractivity contribution is -0.0499. The van der Waals surface area contributed by atoms with Crippen LogP contribution in [0.3, 0.4) is 0 Å². The maximum atomic E-state index is 12.2. The molecule has 2 N–H and O–H groups in total. The zero-order valence-corrected chi connectivity index (χ0v) is 11.9. The molecule has 0 atom stereocenters. The Morgan fingerprint density at radius 2 is 2.20 bits per heavy atom. The average Bonchev–Trinajstić information content (AvgIpc) is 2.40. The first-order valence-corrected chi connectivity index (χ1v) is 6.65. The largest absolute Gasteiger partial charge is 0.434 e. The average molecular weight is 301 g/mol. The molecule has 1 aromatic carbocycles. The fourth-order valence-electron chi connectivity index (χ4n) is 1.37. The van der Waals surface area contributed by atoms with Crippen LogP contribution in [0.4, 0.5) is 8.78 Å². The van der Waals surface area contributed by atoms with Gasteiger partial charge in [-0.25, -0.2) is 0 Å². The molecule has 0 unspecified atom stereocenters. The molecule has 0 amide bonds. The number of nitrogens with zero attached hydrogens (tertiary/aromatic N) is 1. The Kier molecular flexibility index (Phi) is 7.49. The van der Waals surface area contributed by atoms with Crippen LogP contribution in [0.15, 0.2) is 29.4 Å². The first-order valence-electron chi connectivity index (χ1n) is 6.24. The molecule has 0 saturated heterocycles. The number of thiocarbonyl (C=S) groups is 1. The monoisotopic (exact) mass is 301 g/mol. The highest BCUT2D eigenvalue weighted by atomic mass is 32.1. The lowest BCUT2D eigenvalue weighted by atomic mass is 10.2. The number of benzene rings is 1. The van der Waals surface area contributed by atoms with Gasteiger partial charge in [0.25, 0.3) is 0 Å². The molecular weight excluding hydrogens is 284 g/mol. The molecule has 0 fully saturated rings. The van der Waals surface area contributed by atoms with Gasteiger partial charge in [0.05, 0.1) is 6.21 Å². The normalized spacial score (nSPS) is 10.8. The van der Waals surface area contributed by atoms with Gasteiger partial charge in [-0.15, -0.1) is 0 Å². The van der Waals surface area contributed by atoms with Gasteiger partial charge in [0, 0.05) is 12.1 Å². The number of hydrogen-bond donors (Lipinski definition) is 2. The molecule has 0 saturated carbocycles. The third-order valence-corrected chi connectivity index (χ3v) is 2.56. The van der Waals surface area contributed by atoms with Gasteiger partial charge in [0.2, 0.25) is 0 Å². The highest BCUT2D eigenvalue weighted by Crippen LogP contribution is 2.18. The molecule has 0 radical (unpaired) electrons. The first kappa shape index (κ1) is 16.3. The summed E-state index contributed by atoms with van der Waals surface area (Å²) in [6.07, 6.45) is 3.46. The zero-order valence-electron chi connectivity index (χ0n) is 11.1. The number of hydrazone groups is 1. The van der Waals surface area contributed by atoms with Crippen LogP contribution in [-0.2, 0) is 0 Å². The van der Waals surface area contributed by atoms with E-state index in [-0.39, 0.29) is 5.75 Å². The highest BCUT2D eigenvalue weighted by Gasteiger charge is 2.07. The standard InChI is InChI=1S/C13H17F2N3OS/c1-2-3-8-16-13(20)18-17-9-10-6-4-5-7-11(10)19-12(14)15/h4-7,9,12H,2-3,8H2,1H3,(H2,16,18,20)/b17-9-. The topological polar surface area (TPSA) is 45.7 Å². The summed E-state index contributed by atoms with van der Waals surface area (Å²) in [7, 11) is 0. The molecule has 1 aromatic rings. The summed E-state index contributed by atoms with van der Waals surface area (Å²) < 4.78 is 28.8. The number of unbranched alkanes of at least 4 members (excludes halogenated alkanes) is 1. The molecule has 0 aromatic heterocycles. The molecule has 20 heavy (non-hydrogen) atoms. The van der Waals surface area contributed by atoms with Gasteiger partial charge in [-0.3, -0.25) is 5.43 Å². The summed E-state index contributed by atoms with van der Waals surface area (Å²) in [5.74, 6) is 0.0675. The number of para-hydroxylation sites is 1. The van der Waals surface area contributed by atoms with E-state index >= 15 is 0 Å². The van der Waals surface area contributed by atoms with E-state index in [1.165, 1.54) is 12.3 Å². The molecule has 0 aliphatic carbocycles. The fraction of sp³-hybridized carbons (Fsp3) is 0.385. The number of ether oxygens (including phenoxy) is 1. The van der Waals surface area contributed by atoms with Gasteiger partial charge in [0.15, 0.2) is 5.11 Å². The smallest absolute Gasteiger partial charge is 0.387 e. The molecule has 0 spiro atoms. The van der Waals surface area contributed by atoms with Gasteiger partial charge in [0.1, 0.15) is 5.75 Å². The molecule has 0 aliphatic rings. The van der Waals surface area contributed by atoms with Gasteiger partial charge in [-0.1, -0.05) is 25.5 Å². The third-order valence-electron chi connectivity index (χ3n) is 2.32. The predicted octanol–water partition coefficient (Wildman–Crippen LogP) is 2.89. The highest BCUT2D eigenvalue weighted by molar-refractivity contribution is 7.80. The Morgan fingerprint density at radius 1 is 1.45 bits per heavy atom. The summed E-state index contributed by atoms with van der Waals surface area (Å²) in [6, 6.07) is 6.39. The first-order chi connectivity index (χ1) is 9.63. The van der Waals surface area contributed by atoms with E-state index in [9.17, 15) is 8.78 Å². The van der Waals surface area contributed by atoms with Gasteiger partial charge in [-0.05, 0) is 30.8 Å². The number of halogens is 2. The lowest BCUT2D eigenvalue weighted by Crippen LogP contribution is -2.32. The van der Waals surface area contributed by atoms with Gasteiger partial charge in [-0.2, -0.15) is 13.9 Å². The van der Waals surface area contributed by atoms with Crippen LogP contribution < -0.4 is 15.5 Å². The van der Waals surface area contributed by atoms with E-state index in [0.717, 1.165) is 19.4 Å². The van der Waals surface area contributed by atoms with Crippen LogP contribution in [0.2, 0.25) is 0 Å². The van der Waals surface area contributed by atoms with Crippen molar-refractivity contribution in [1.29, 1.82) is 0 Å². The minimum atomic E-state index is -2.87. The van der Waals surface area contributed by atoms with Crippen molar-refractivity contribution in [2.45, 2.75) is 26.4 Å². The number of rotatable bonds is 7. The van der Waals surface area contributed by atoms with Crippen LogP contribution >= 0.6 is 12.2 Å². The Hall–Kier alpha value is -1.76. The van der Waals surface area contributed by atoms with Crippen molar-refractivity contribution in [3.63, 3.8) is 0 Å². The molecule has 0 aliphatic heterocycles. The maximum absolute atomic E-state index is 12.2. The van der Waals surface area contributed by atoms with E-state index in [0.29, 0.717) is 10.7 Å². The minimum absolute atomic E-state index is 0.0675. The van der Waals surface area contributed by atoms with E-state index in [1.807, 2.05) is 0 Å². The Labute approximate surface area is 122 Å². The predicted molar refractivity (Wildman–Crippen MR) is 79.3 cm³/mol. The molecule has 7 heteroatoms. The Bertz CT molecular complexity index is 455. The second-order valence-electron chi connectivity index (χ2n) is 3.90. The molecule has 0 bridgehead atoms. The third kappa shape index (κ3) is 6.42. The Morgan fingerprint density at radius 3 is 2.90 bits per heavy atom. The van der Waals surface area contributed by atoms with Crippen molar-refractivity contribution in [3.8, 4) is 5.75 Å². The van der Waals surface area contributed by atoms with Crippen LogP contribution in [-0.4, -0.2) is 24.5 Å². The van der Waals surface area contributed by atoms with Crippen molar-refractivity contribution < 1.29 is 13.5 Å². The van der Waals surface area contributed by atoms with Gasteiger partial charge < -0.3 is 10.1 Å². The summed E-state index contributed by atoms with van der Waals surface area (Å²) >= 11 is 5.00. The van der Waals surface area contributed by atoms with Gasteiger partial charge >= 0.3 is 6.61 Å². The molecule has 4 nitrogen and oxygen atoms in total. The lowest BCUT2D eigenvalue weighted by Gasteiger charge is -2.08. The molecule has 110 valence electrons. The number of nitrogens with one attached hydrogen (secondary N) is 2. The van der Waals surface area contributed by atoms with E-state index in [4.69, 9.17) is 12.2 Å². The fourth-order valence-corrected chi connectivity index (χ4v) is 1.52. The van der Waals surface area contributed by atoms with E-state index < -0.39 is 6.61 Å². The minimum Gasteiger partial charge on any atom is -0.434 e. The van der Waals surface area contributed by atoms with Crippen LogP contribution in [0.5, 0.6) is 5.75 Å². The molecule has 0 heterocycles. The van der Waals surface area contributed by atoms with Crippen LogP contribution in [0.25, 0.3) is 0 Å². The number of hydrogen-bond acceptors (Lipinski definition) is 3. The zero-order chi connectivity index (χ0) is 14.8. The van der Waals surface area contributed by atoms with E-state index in [1.54, 1.807) is 18.2 Å². The molecule has 1 rings (SSSR count). The van der Waals surface area contributed by atoms with Crippen LogP contribution in [0, 0.1) is 0 Å². The van der Waals surface area contributed by atoms with Crippen molar-refractivity contribution in [1.82, 2.24) is 10.7 Å². The van der Waals surface area contributed by atoms with E-state index in [2.05, 4.69) is 27.5 Å². The van der Waals surface area contributed by atoms with Crippen molar-refractivity contribution in [2.75, 3.05) is 6.54 Å². The second-order valence-corrected chi connectivity index (χ2v) is 4.30.